The number of amides is 1. The van der Waals surface area contributed by atoms with Crippen molar-refractivity contribution in [1.82, 2.24) is 9.88 Å². The number of para-hydroxylation sites is 1. The maximum Gasteiger partial charge on any atom is 0.296 e. The number of benzene rings is 1. The lowest BCUT2D eigenvalue weighted by Gasteiger charge is -2.29. The molecule has 6 nitrogen and oxygen atoms in total. The molecule has 5 rings (SSSR count). The zero-order chi connectivity index (χ0) is 20.1. The second kappa shape index (κ2) is 6.65. The van der Waals surface area contributed by atoms with E-state index < -0.39 is 17.7 Å². The number of likely N-dealkylation sites (tertiary alicyclic amines) is 1. The van der Waals surface area contributed by atoms with Gasteiger partial charge in [-0.3, -0.25) is 9.59 Å². The fourth-order valence-corrected chi connectivity index (χ4v) is 4.70. The van der Waals surface area contributed by atoms with Crippen LogP contribution < -0.4 is 0 Å². The Hall–Kier alpha value is -3.28. The van der Waals surface area contributed by atoms with Crippen LogP contribution in [0.25, 0.3) is 16.7 Å². The molecule has 2 fully saturated rings. The van der Waals surface area contributed by atoms with E-state index in [9.17, 15) is 14.7 Å². The molecule has 6 heteroatoms. The van der Waals surface area contributed by atoms with Gasteiger partial charge in [-0.15, -0.1) is 0 Å². The average molecular weight is 390 g/mol. The highest BCUT2D eigenvalue weighted by Crippen LogP contribution is 2.44. The minimum absolute atomic E-state index is 0.0184. The highest BCUT2D eigenvalue weighted by atomic mass is 16.3. The number of furan rings is 1. The summed E-state index contributed by atoms with van der Waals surface area (Å²) in [6.45, 7) is 1.82. The van der Waals surface area contributed by atoms with Crippen molar-refractivity contribution in [3.63, 3.8) is 0 Å². The van der Waals surface area contributed by atoms with E-state index in [1.807, 2.05) is 37.3 Å². The molecular formula is C23H22N2O4. The summed E-state index contributed by atoms with van der Waals surface area (Å²) in [5, 5.41) is 12.0. The van der Waals surface area contributed by atoms with Crippen LogP contribution in [0.4, 0.5) is 0 Å². The first kappa shape index (κ1) is 17.8. The normalized spacial score (nSPS) is 22.2. The molecule has 1 amide bonds. The van der Waals surface area contributed by atoms with Gasteiger partial charge in [-0.2, -0.15) is 0 Å². The number of aromatic amines is 1. The zero-order valence-electron chi connectivity index (χ0n) is 16.1. The fourth-order valence-electron chi connectivity index (χ4n) is 4.70. The van der Waals surface area contributed by atoms with Crippen LogP contribution >= 0.6 is 0 Å². The van der Waals surface area contributed by atoms with Crippen LogP contribution in [0.15, 0.2) is 52.6 Å². The lowest BCUT2D eigenvalue weighted by atomic mass is 9.98. The number of rotatable bonds is 3. The number of nitrogens with zero attached hydrogens (tertiary/aromatic N) is 1. The van der Waals surface area contributed by atoms with Gasteiger partial charge in [0.2, 0.25) is 0 Å². The predicted molar refractivity (Wildman–Crippen MR) is 108 cm³/mol. The van der Waals surface area contributed by atoms with Crippen LogP contribution in [0.1, 0.15) is 48.8 Å². The lowest BCUT2D eigenvalue weighted by molar-refractivity contribution is -0.141. The van der Waals surface area contributed by atoms with Gasteiger partial charge in [0.25, 0.3) is 11.7 Å². The smallest absolute Gasteiger partial charge is 0.296 e. The van der Waals surface area contributed by atoms with Gasteiger partial charge in [-0.05, 0) is 38.0 Å². The molecule has 1 atom stereocenters. The molecule has 3 aromatic rings. The zero-order valence-corrected chi connectivity index (χ0v) is 16.1. The van der Waals surface area contributed by atoms with Gasteiger partial charge in [-0.1, -0.05) is 31.0 Å². The molecule has 2 aromatic heterocycles. The number of H-pyrrole nitrogens is 1. The summed E-state index contributed by atoms with van der Waals surface area (Å²) >= 11 is 0. The monoisotopic (exact) mass is 390 g/mol. The third-order valence-corrected chi connectivity index (χ3v) is 6.07. The summed E-state index contributed by atoms with van der Waals surface area (Å²) in [6.07, 6.45) is 5.44. The molecule has 1 aromatic carbocycles. The number of carbonyl (C=O) groups excluding carboxylic acids is 2. The highest BCUT2D eigenvalue weighted by Gasteiger charge is 2.50. The third-order valence-electron chi connectivity index (χ3n) is 6.07. The van der Waals surface area contributed by atoms with Gasteiger partial charge in [0.1, 0.15) is 23.3 Å². The third kappa shape index (κ3) is 2.70. The molecular weight excluding hydrogens is 368 g/mol. The first-order chi connectivity index (χ1) is 14.1. The maximum atomic E-state index is 13.1. The first-order valence-electron chi connectivity index (χ1n) is 9.99. The van der Waals surface area contributed by atoms with Crippen molar-refractivity contribution in [2.75, 3.05) is 0 Å². The number of nitrogens with one attached hydrogen (secondary N) is 1. The molecule has 3 heterocycles. The summed E-state index contributed by atoms with van der Waals surface area (Å²) in [7, 11) is 0. The van der Waals surface area contributed by atoms with Crippen LogP contribution in [-0.2, 0) is 9.59 Å². The van der Waals surface area contributed by atoms with Gasteiger partial charge in [0.05, 0.1) is 5.57 Å². The Morgan fingerprint density at radius 1 is 1.14 bits per heavy atom. The molecule has 0 bridgehead atoms. The quantitative estimate of drug-likeness (QED) is 0.393. The van der Waals surface area contributed by atoms with Gasteiger partial charge in [0, 0.05) is 28.7 Å². The Balaban J connectivity index is 1.71. The molecule has 2 N–H and O–H groups in total. The van der Waals surface area contributed by atoms with E-state index in [4.69, 9.17) is 4.42 Å². The Morgan fingerprint density at radius 2 is 1.90 bits per heavy atom. The van der Waals surface area contributed by atoms with Crippen LogP contribution in [0.2, 0.25) is 0 Å². The summed E-state index contributed by atoms with van der Waals surface area (Å²) in [5.74, 6) is -0.171. The van der Waals surface area contributed by atoms with E-state index >= 15 is 0 Å². The van der Waals surface area contributed by atoms with Gasteiger partial charge in [-0.25, -0.2) is 0 Å². The number of hydrogen-bond acceptors (Lipinski definition) is 4. The van der Waals surface area contributed by atoms with Crippen molar-refractivity contribution >= 4 is 28.4 Å². The molecule has 1 aliphatic heterocycles. The molecule has 29 heavy (non-hydrogen) atoms. The maximum absolute atomic E-state index is 13.1. The second-order valence-electron chi connectivity index (χ2n) is 7.84. The number of hydrogen-bond donors (Lipinski definition) is 2. The number of aryl methyl sites for hydroxylation is 1. The van der Waals surface area contributed by atoms with Crippen molar-refractivity contribution in [2.45, 2.75) is 44.7 Å². The van der Waals surface area contributed by atoms with Gasteiger partial charge >= 0.3 is 0 Å². The van der Waals surface area contributed by atoms with Crippen molar-refractivity contribution in [3.8, 4) is 0 Å². The Labute approximate surface area is 167 Å². The van der Waals surface area contributed by atoms with Crippen molar-refractivity contribution in [1.29, 1.82) is 0 Å². The fraction of sp³-hybridized carbons (Fsp3) is 0.304. The molecule has 1 saturated carbocycles. The van der Waals surface area contributed by atoms with Crippen molar-refractivity contribution in [2.24, 2.45) is 0 Å². The first-order valence-corrected chi connectivity index (χ1v) is 9.99. The summed E-state index contributed by atoms with van der Waals surface area (Å²) in [6, 6.07) is 10.4. The van der Waals surface area contributed by atoms with Gasteiger partial charge in [0.15, 0.2) is 0 Å². The van der Waals surface area contributed by atoms with Gasteiger partial charge < -0.3 is 19.4 Å². The predicted octanol–water partition coefficient (Wildman–Crippen LogP) is 4.43. The highest BCUT2D eigenvalue weighted by molar-refractivity contribution is 6.46. The molecule has 1 aliphatic carbocycles. The van der Waals surface area contributed by atoms with Crippen LogP contribution in [0.5, 0.6) is 0 Å². The van der Waals surface area contributed by atoms with Crippen LogP contribution in [0, 0.1) is 6.92 Å². The summed E-state index contributed by atoms with van der Waals surface area (Å²) in [5.41, 5.74) is 1.46. The molecule has 0 spiro atoms. The summed E-state index contributed by atoms with van der Waals surface area (Å²) in [4.78, 5) is 30.8. The molecule has 1 unspecified atom stereocenters. The summed E-state index contributed by atoms with van der Waals surface area (Å²) < 4.78 is 5.84. The van der Waals surface area contributed by atoms with E-state index in [-0.39, 0.29) is 17.4 Å². The largest absolute Gasteiger partial charge is 0.507 e. The number of ketones is 1. The Kier molecular flexibility index (Phi) is 4.08. The van der Waals surface area contributed by atoms with E-state index in [2.05, 4.69) is 4.98 Å². The lowest BCUT2D eigenvalue weighted by Crippen LogP contribution is -2.37. The topological polar surface area (TPSA) is 86.5 Å². The standard InChI is InChI=1S/C23H22N2O4/c1-13-10-11-18(29-13)20-19(22(27)23(28)25(20)14-6-2-3-7-14)21(26)16-12-24-17-9-5-4-8-15(16)17/h4-5,8-12,14,20,24,26H,2-3,6-7H2,1H3/b21-19-. The molecule has 148 valence electrons. The van der Waals surface area contributed by atoms with Crippen LogP contribution in [0.3, 0.4) is 0 Å². The number of Topliss-reactive ketones (excluding diaryl/α,β-unsaturated/α-hetero) is 1. The Bertz CT molecular complexity index is 1150. The number of aliphatic hydroxyl groups is 1. The van der Waals surface area contributed by atoms with E-state index in [1.165, 1.54) is 0 Å². The van der Waals surface area contributed by atoms with Crippen molar-refractivity contribution < 1.29 is 19.1 Å². The number of aromatic nitrogens is 1. The van der Waals surface area contributed by atoms with Crippen molar-refractivity contribution in [3.05, 3.63) is 65.3 Å². The Morgan fingerprint density at radius 3 is 2.62 bits per heavy atom. The molecule has 0 radical (unpaired) electrons. The molecule has 1 saturated heterocycles. The molecule has 2 aliphatic rings. The number of fused-ring (bicyclic) bond motifs is 1. The van der Waals surface area contributed by atoms with E-state index in [0.29, 0.717) is 17.1 Å². The van der Waals surface area contributed by atoms with E-state index in [0.717, 1.165) is 36.6 Å². The number of carbonyl (C=O) groups is 2. The van der Waals surface area contributed by atoms with E-state index in [1.54, 1.807) is 17.2 Å². The minimum Gasteiger partial charge on any atom is -0.507 e. The number of aliphatic hydroxyl groups excluding tert-OH is 1. The second-order valence-corrected chi connectivity index (χ2v) is 7.84. The SMILES string of the molecule is Cc1ccc(C2/C(=C(/O)c3c[nH]c4ccccc34)C(=O)C(=O)N2C2CCCC2)o1. The average Bonchev–Trinajstić information content (AvgIpc) is 3.49. The van der Waals surface area contributed by atoms with Crippen LogP contribution in [-0.4, -0.2) is 32.7 Å². The minimum atomic E-state index is -0.708.